The fourth-order valence-electron chi connectivity index (χ4n) is 1.86. The van der Waals surface area contributed by atoms with Gasteiger partial charge in [-0.3, -0.25) is 0 Å². The van der Waals surface area contributed by atoms with Gasteiger partial charge in [0.25, 0.3) is 0 Å². The Morgan fingerprint density at radius 1 is 1.35 bits per heavy atom. The lowest BCUT2D eigenvalue weighted by molar-refractivity contribution is 0.247. The molecular formula is C15H27N3O2. The highest BCUT2D eigenvalue weighted by atomic mass is 16.5. The first-order chi connectivity index (χ1) is 9.46. The molecule has 114 valence electrons. The largest absolute Gasteiger partial charge is 0.478 e. The van der Waals surface area contributed by atoms with Crippen LogP contribution in [0.5, 0.6) is 5.88 Å². The highest BCUT2D eigenvalue weighted by Gasteiger charge is 2.17. The van der Waals surface area contributed by atoms with E-state index in [9.17, 15) is 0 Å². The molecule has 5 heteroatoms. The first-order valence-corrected chi connectivity index (χ1v) is 7.30. The zero-order valence-corrected chi connectivity index (χ0v) is 13.1. The standard InChI is InChI=1S/C15H27N3O2/c1-5-9-20-13-10-12(2)17-14(18-13)16-11-15(3,4)7-6-8-19/h10,19H,5-9,11H2,1-4H3,(H,16,17,18). The van der Waals surface area contributed by atoms with Gasteiger partial charge >= 0.3 is 0 Å². The van der Waals surface area contributed by atoms with Crippen molar-refractivity contribution < 1.29 is 9.84 Å². The molecule has 0 aliphatic heterocycles. The van der Waals surface area contributed by atoms with Crippen molar-refractivity contribution in [1.82, 2.24) is 9.97 Å². The number of ether oxygens (including phenoxy) is 1. The molecule has 5 nitrogen and oxygen atoms in total. The van der Waals surface area contributed by atoms with Crippen molar-refractivity contribution in [3.63, 3.8) is 0 Å². The van der Waals surface area contributed by atoms with Crippen LogP contribution in [0.3, 0.4) is 0 Å². The quantitative estimate of drug-likeness (QED) is 0.728. The highest BCUT2D eigenvalue weighted by Crippen LogP contribution is 2.22. The molecule has 1 aromatic rings. The van der Waals surface area contributed by atoms with Gasteiger partial charge in [0, 0.05) is 24.9 Å². The maximum absolute atomic E-state index is 8.91. The Kier molecular flexibility index (Phi) is 6.71. The number of nitrogens with one attached hydrogen (secondary N) is 1. The van der Waals surface area contributed by atoms with Crippen LogP contribution in [0.25, 0.3) is 0 Å². The Hall–Kier alpha value is -1.36. The number of anilines is 1. The lowest BCUT2D eigenvalue weighted by Crippen LogP contribution is -2.24. The molecule has 0 unspecified atom stereocenters. The van der Waals surface area contributed by atoms with Crippen LogP contribution in [0.1, 0.15) is 45.7 Å². The van der Waals surface area contributed by atoms with Crippen molar-refractivity contribution in [2.45, 2.75) is 47.0 Å². The molecule has 0 fully saturated rings. The number of hydrogen-bond donors (Lipinski definition) is 2. The summed E-state index contributed by atoms with van der Waals surface area (Å²) in [7, 11) is 0. The van der Waals surface area contributed by atoms with Gasteiger partial charge < -0.3 is 15.2 Å². The summed E-state index contributed by atoms with van der Waals surface area (Å²) >= 11 is 0. The lowest BCUT2D eigenvalue weighted by Gasteiger charge is -2.24. The van der Waals surface area contributed by atoms with Crippen LogP contribution in [0, 0.1) is 12.3 Å². The van der Waals surface area contributed by atoms with Crippen molar-refractivity contribution in [2.75, 3.05) is 25.1 Å². The van der Waals surface area contributed by atoms with E-state index in [1.54, 1.807) is 0 Å². The highest BCUT2D eigenvalue weighted by molar-refractivity contribution is 5.30. The average Bonchev–Trinajstić information content (AvgIpc) is 2.40. The van der Waals surface area contributed by atoms with Gasteiger partial charge in [0.1, 0.15) is 0 Å². The molecule has 20 heavy (non-hydrogen) atoms. The van der Waals surface area contributed by atoms with Gasteiger partial charge in [-0.15, -0.1) is 0 Å². The van der Waals surface area contributed by atoms with Crippen LogP contribution in [-0.2, 0) is 0 Å². The first-order valence-electron chi connectivity index (χ1n) is 7.30. The summed E-state index contributed by atoms with van der Waals surface area (Å²) in [5.74, 6) is 1.23. The molecule has 0 aromatic carbocycles. The molecule has 0 aliphatic carbocycles. The first kappa shape index (κ1) is 16.7. The van der Waals surface area contributed by atoms with Crippen molar-refractivity contribution in [3.8, 4) is 5.88 Å². The van der Waals surface area contributed by atoms with Crippen LogP contribution in [-0.4, -0.2) is 34.8 Å². The second-order valence-electron chi connectivity index (χ2n) is 5.86. The monoisotopic (exact) mass is 281 g/mol. The fourth-order valence-corrected chi connectivity index (χ4v) is 1.86. The smallest absolute Gasteiger partial charge is 0.226 e. The molecule has 0 bridgehead atoms. The number of rotatable bonds is 9. The molecule has 0 amide bonds. The number of hydrogen-bond acceptors (Lipinski definition) is 5. The van der Waals surface area contributed by atoms with E-state index in [0.29, 0.717) is 18.4 Å². The topological polar surface area (TPSA) is 67.3 Å². The third-order valence-electron chi connectivity index (χ3n) is 3.02. The molecule has 0 saturated heterocycles. The third-order valence-corrected chi connectivity index (χ3v) is 3.02. The van der Waals surface area contributed by atoms with Gasteiger partial charge in [-0.1, -0.05) is 20.8 Å². The van der Waals surface area contributed by atoms with Gasteiger partial charge in [-0.2, -0.15) is 4.98 Å². The molecule has 0 spiro atoms. The third kappa shape index (κ3) is 6.19. The van der Waals surface area contributed by atoms with Crippen LogP contribution in [0.4, 0.5) is 5.95 Å². The predicted molar refractivity (Wildman–Crippen MR) is 81.1 cm³/mol. The summed E-state index contributed by atoms with van der Waals surface area (Å²) in [6.45, 7) is 10.0. The van der Waals surface area contributed by atoms with Crippen LogP contribution >= 0.6 is 0 Å². The van der Waals surface area contributed by atoms with E-state index in [4.69, 9.17) is 9.84 Å². The van der Waals surface area contributed by atoms with E-state index in [0.717, 1.165) is 31.5 Å². The van der Waals surface area contributed by atoms with E-state index in [2.05, 4.69) is 36.1 Å². The SMILES string of the molecule is CCCOc1cc(C)nc(NCC(C)(C)CCCO)n1. The Labute approximate surface area is 121 Å². The van der Waals surface area contributed by atoms with E-state index in [1.807, 2.05) is 13.0 Å². The van der Waals surface area contributed by atoms with Gasteiger partial charge in [-0.25, -0.2) is 4.98 Å². The molecule has 1 rings (SSSR count). The molecule has 1 aromatic heterocycles. The average molecular weight is 281 g/mol. The van der Waals surface area contributed by atoms with E-state index < -0.39 is 0 Å². The van der Waals surface area contributed by atoms with Gasteiger partial charge in [0.2, 0.25) is 11.8 Å². The number of aromatic nitrogens is 2. The zero-order valence-electron chi connectivity index (χ0n) is 13.1. The van der Waals surface area contributed by atoms with Crippen LogP contribution < -0.4 is 10.1 Å². The number of nitrogens with zero attached hydrogens (tertiary/aromatic N) is 2. The van der Waals surface area contributed by atoms with E-state index in [1.165, 1.54) is 0 Å². The maximum atomic E-state index is 8.91. The summed E-state index contributed by atoms with van der Waals surface area (Å²) in [6.07, 6.45) is 2.73. The molecule has 1 heterocycles. The molecule has 0 aliphatic rings. The van der Waals surface area contributed by atoms with Crippen LogP contribution in [0.2, 0.25) is 0 Å². The summed E-state index contributed by atoms with van der Waals surface area (Å²) in [4.78, 5) is 8.73. The Bertz CT molecular complexity index is 408. The van der Waals surface area contributed by atoms with E-state index in [-0.39, 0.29) is 12.0 Å². The lowest BCUT2D eigenvalue weighted by atomic mass is 9.88. The van der Waals surface area contributed by atoms with E-state index >= 15 is 0 Å². The van der Waals surface area contributed by atoms with Crippen LogP contribution in [0.15, 0.2) is 6.07 Å². The maximum Gasteiger partial charge on any atom is 0.226 e. The number of aryl methyl sites for hydroxylation is 1. The zero-order chi connectivity index (χ0) is 15.0. The Balaban J connectivity index is 2.60. The van der Waals surface area contributed by atoms with Gasteiger partial charge in [0.05, 0.1) is 6.61 Å². The fraction of sp³-hybridized carbons (Fsp3) is 0.733. The minimum Gasteiger partial charge on any atom is -0.478 e. The number of aliphatic hydroxyl groups excluding tert-OH is 1. The van der Waals surface area contributed by atoms with Gasteiger partial charge in [0.15, 0.2) is 0 Å². The molecule has 0 saturated carbocycles. The predicted octanol–water partition coefficient (Wildman–Crippen LogP) is 2.78. The van der Waals surface area contributed by atoms with Crippen molar-refractivity contribution in [1.29, 1.82) is 0 Å². The minimum absolute atomic E-state index is 0.0975. The minimum atomic E-state index is 0.0975. The Morgan fingerprint density at radius 3 is 2.75 bits per heavy atom. The molecule has 0 atom stereocenters. The molecule has 0 radical (unpaired) electrons. The second-order valence-corrected chi connectivity index (χ2v) is 5.86. The summed E-state index contributed by atoms with van der Waals surface area (Å²) in [5, 5.41) is 12.2. The van der Waals surface area contributed by atoms with Crippen molar-refractivity contribution in [2.24, 2.45) is 5.41 Å². The summed E-state index contributed by atoms with van der Waals surface area (Å²) in [5.41, 5.74) is 0.988. The van der Waals surface area contributed by atoms with Gasteiger partial charge in [-0.05, 0) is 31.6 Å². The normalized spacial score (nSPS) is 11.4. The summed E-state index contributed by atoms with van der Waals surface area (Å²) in [6, 6.07) is 1.84. The molecular weight excluding hydrogens is 254 g/mol. The second kappa shape index (κ2) is 8.04. The summed E-state index contributed by atoms with van der Waals surface area (Å²) < 4.78 is 5.55. The molecule has 2 N–H and O–H groups in total. The Morgan fingerprint density at radius 2 is 2.10 bits per heavy atom. The van der Waals surface area contributed by atoms with Crippen molar-refractivity contribution in [3.05, 3.63) is 11.8 Å². The van der Waals surface area contributed by atoms with Crippen molar-refractivity contribution >= 4 is 5.95 Å². The number of aliphatic hydroxyl groups is 1.